The maximum atomic E-state index is 13.6. The Hall–Kier alpha value is -4.04. The lowest BCUT2D eigenvalue weighted by atomic mass is 9.87. The van der Waals surface area contributed by atoms with Gasteiger partial charge in [0.2, 0.25) is 0 Å². The first-order chi connectivity index (χ1) is 15.7. The fraction of sp³-hybridized carbons (Fsp3) is 0. The van der Waals surface area contributed by atoms with Gasteiger partial charge >= 0.3 is 0 Å². The van der Waals surface area contributed by atoms with Gasteiger partial charge in [-0.15, -0.1) is 0 Å². The molecule has 0 amide bonds. The van der Waals surface area contributed by atoms with Crippen LogP contribution in [0.1, 0.15) is 0 Å². The number of rotatable bonds is 2. The lowest BCUT2D eigenvalue weighted by Gasteiger charge is -2.16. The van der Waals surface area contributed by atoms with Gasteiger partial charge in [-0.25, -0.2) is 8.78 Å². The smallest absolute Gasteiger partial charge is 0.123 e. The Bertz CT molecular complexity index is 1490. The summed E-state index contributed by atoms with van der Waals surface area (Å²) in [4.78, 5) is 0. The third-order valence-corrected chi connectivity index (χ3v) is 6.17. The van der Waals surface area contributed by atoms with Crippen molar-refractivity contribution < 1.29 is 8.78 Å². The van der Waals surface area contributed by atoms with Crippen molar-refractivity contribution in [3.8, 4) is 22.3 Å². The molecule has 0 aliphatic heterocycles. The van der Waals surface area contributed by atoms with E-state index >= 15 is 0 Å². The van der Waals surface area contributed by atoms with E-state index in [-0.39, 0.29) is 11.6 Å². The number of hydrogen-bond acceptors (Lipinski definition) is 0. The predicted molar refractivity (Wildman–Crippen MR) is 130 cm³/mol. The second kappa shape index (κ2) is 7.28. The van der Waals surface area contributed by atoms with Gasteiger partial charge in [-0.05, 0) is 91.0 Å². The Labute approximate surface area is 184 Å². The molecule has 6 rings (SSSR count). The average molecular weight is 416 g/mol. The van der Waals surface area contributed by atoms with Crippen LogP contribution in [-0.4, -0.2) is 0 Å². The summed E-state index contributed by atoms with van der Waals surface area (Å²) in [6, 6.07) is 34.4. The minimum Gasteiger partial charge on any atom is -0.207 e. The minimum absolute atomic E-state index is 0.247. The molecular formula is C30H18F2. The number of hydrogen-bond donors (Lipinski definition) is 0. The zero-order valence-electron chi connectivity index (χ0n) is 17.1. The normalized spacial score (nSPS) is 11.4. The molecule has 0 saturated heterocycles. The molecule has 0 aliphatic carbocycles. The van der Waals surface area contributed by atoms with Crippen LogP contribution in [0, 0.1) is 11.6 Å². The minimum atomic E-state index is -0.247. The molecule has 152 valence electrons. The summed E-state index contributed by atoms with van der Waals surface area (Å²) in [5, 5.41) is 6.86. The van der Waals surface area contributed by atoms with Crippen LogP contribution < -0.4 is 0 Å². The quantitative estimate of drug-likeness (QED) is 0.248. The van der Waals surface area contributed by atoms with Gasteiger partial charge in [0.1, 0.15) is 11.6 Å². The van der Waals surface area contributed by atoms with Crippen molar-refractivity contribution in [2.75, 3.05) is 0 Å². The van der Waals surface area contributed by atoms with E-state index in [1.165, 1.54) is 29.7 Å². The van der Waals surface area contributed by atoms with E-state index in [0.717, 1.165) is 49.2 Å². The van der Waals surface area contributed by atoms with Crippen molar-refractivity contribution >= 4 is 32.3 Å². The highest BCUT2D eigenvalue weighted by Gasteiger charge is 2.14. The molecule has 0 atom stereocenters. The van der Waals surface area contributed by atoms with Crippen LogP contribution in [-0.2, 0) is 0 Å². The lowest BCUT2D eigenvalue weighted by molar-refractivity contribution is 0.627. The van der Waals surface area contributed by atoms with Gasteiger partial charge in [-0.3, -0.25) is 0 Å². The van der Waals surface area contributed by atoms with Crippen LogP contribution in [0.3, 0.4) is 0 Å². The summed E-state index contributed by atoms with van der Waals surface area (Å²) in [5.74, 6) is -0.494. The molecule has 0 radical (unpaired) electrons. The summed E-state index contributed by atoms with van der Waals surface area (Å²) in [6.45, 7) is 0. The van der Waals surface area contributed by atoms with E-state index in [9.17, 15) is 8.78 Å². The van der Waals surface area contributed by atoms with E-state index in [2.05, 4.69) is 48.5 Å². The second-order valence-corrected chi connectivity index (χ2v) is 8.05. The van der Waals surface area contributed by atoms with Gasteiger partial charge in [0.15, 0.2) is 0 Å². The molecule has 0 heterocycles. The van der Waals surface area contributed by atoms with E-state index in [4.69, 9.17) is 0 Å². The number of fused-ring (bicyclic) bond motifs is 5. The monoisotopic (exact) mass is 416 g/mol. The fourth-order valence-electron chi connectivity index (χ4n) is 4.72. The first kappa shape index (κ1) is 18.7. The fourth-order valence-corrected chi connectivity index (χ4v) is 4.72. The van der Waals surface area contributed by atoms with E-state index in [1.807, 2.05) is 36.4 Å². The van der Waals surface area contributed by atoms with Crippen LogP contribution >= 0.6 is 0 Å². The highest BCUT2D eigenvalue weighted by Crippen LogP contribution is 2.41. The van der Waals surface area contributed by atoms with Crippen molar-refractivity contribution in [3.05, 3.63) is 121 Å². The van der Waals surface area contributed by atoms with E-state index < -0.39 is 0 Å². The maximum Gasteiger partial charge on any atom is 0.123 e. The number of benzene rings is 6. The SMILES string of the molecule is Fc1ccc(-c2cc3cc(-c4ccc(F)cc4)c4ccccc4c3c3ccccc23)cc1. The summed E-state index contributed by atoms with van der Waals surface area (Å²) < 4.78 is 27.2. The Balaban J connectivity index is 1.77. The summed E-state index contributed by atoms with van der Waals surface area (Å²) in [5.41, 5.74) is 4.07. The van der Waals surface area contributed by atoms with Crippen LogP contribution in [0.4, 0.5) is 8.78 Å². The molecule has 0 bridgehead atoms. The van der Waals surface area contributed by atoms with Crippen LogP contribution in [0.2, 0.25) is 0 Å². The zero-order valence-corrected chi connectivity index (χ0v) is 17.1. The molecule has 0 unspecified atom stereocenters. The van der Waals surface area contributed by atoms with Gasteiger partial charge in [-0.2, -0.15) is 0 Å². The first-order valence-corrected chi connectivity index (χ1v) is 10.6. The summed E-state index contributed by atoms with van der Waals surface area (Å²) >= 11 is 0. The molecule has 6 aromatic carbocycles. The standard InChI is InChI=1S/C30H18F2/c31-22-13-9-19(10-14-22)28-17-21-18-29(20-11-15-23(32)16-12-20)25-6-2-4-8-27(25)30(21)26-7-3-1-5-24(26)28/h1-18H. The Kier molecular flexibility index (Phi) is 4.26. The predicted octanol–water partition coefficient (Wildman–Crippen LogP) is 8.76. The van der Waals surface area contributed by atoms with E-state index in [0.29, 0.717) is 0 Å². The van der Waals surface area contributed by atoms with Crippen LogP contribution in [0.25, 0.3) is 54.6 Å². The third-order valence-electron chi connectivity index (χ3n) is 6.17. The van der Waals surface area contributed by atoms with Crippen molar-refractivity contribution in [3.63, 3.8) is 0 Å². The molecule has 0 nitrogen and oxygen atoms in total. The van der Waals surface area contributed by atoms with Gasteiger partial charge in [0, 0.05) is 0 Å². The van der Waals surface area contributed by atoms with E-state index in [1.54, 1.807) is 0 Å². The van der Waals surface area contributed by atoms with Gasteiger partial charge in [-0.1, -0.05) is 72.8 Å². The summed E-state index contributed by atoms with van der Waals surface area (Å²) in [7, 11) is 0. The summed E-state index contributed by atoms with van der Waals surface area (Å²) in [6.07, 6.45) is 0. The topological polar surface area (TPSA) is 0 Å². The largest absolute Gasteiger partial charge is 0.207 e. The molecular weight excluding hydrogens is 398 g/mol. The average Bonchev–Trinajstić information content (AvgIpc) is 2.84. The van der Waals surface area contributed by atoms with Crippen LogP contribution in [0.5, 0.6) is 0 Å². The molecule has 0 fully saturated rings. The van der Waals surface area contributed by atoms with Crippen molar-refractivity contribution in [1.82, 2.24) is 0 Å². The lowest BCUT2D eigenvalue weighted by Crippen LogP contribution is -1.89. The van der Waals surface area contributed by atoms with Gasteiger partial charge < -0.3 is 0 Å². The molecule has 0 aromatic heterocycles. The zero-order chi connectivity index (χ0) is 21.7. The molecule has 2 heteroatoms. The molecule has 0 saturated carbocycles. The third kappa shape index (κ3) is 2.96. The Morgan fingerprint density at radius 3 is 1.19 bits per heavy atom. The highest BCUT2D eigenvalue weighted by atomic mass is 19.1. The second-order valence-electron chi connectivity index (χ2n) is 8.05. The Morgan fingerprint density at radius 2 is 0.781 bits per heavy atom. The van der Waals surface area contributed by atoms with Crippen LogP contribution in [0.15, 0.2) is 109 Å². The molecule has 0 spiro atoms. The molecule has 32 heavy (non-hydrogen) atoms. The number of halogens is 2. The molecule has 6 aromatic rings. The first-order valence-electron chi connectivity index (χ1n) is 10.6. The van der Waals surface area contributed by atoms with Crippen molar-refractivity contribution in [2.24, 2.45) is 0 Å². The van der Waals surface area contributed by atoms with Crippen molar-refractivity contribution in [2.45, 2.75) is 0 Å². The van der Waals surface area contributed by atoms with Crippen molar-refractivity contribution in [1.29, 1.82) is 0 Å². The Morgan fingerprint density at radius 1 is 0.406 bits per heavy atom. The molecule has 0 aliphatic rings. The maximum absolute atomic E-state index is 13.6. The van der Waals surface area contributed by atoms with Gasteiger partial charge in [0.05, 0.1) is 0 Å². The molecule has 0 N–H and O–H groups in total. The van der Waals surface area contributed by atoms with Gasteiger partial charge in [0.25, 0.3) is 0 Å². The highest BCUT2D eigenvalue weighted by molar-refractivity contribution is 6.25.